The van der Waals surface area contributed by atoms with Gasteiger partial charge in [-0.25, -0.2) is 10.2 Å². The molecule has 0 aliphatic rings. The highest BCUT2D eigenvalue weighted by Crippen LogP contribution is 2.19. The van der Waals surface area contributed by atoms with E-state index in [1.54, 1.807) is 24.3 Å². The van der Waals surface area contributed by atoms with Crippen molar-refractivity contribution in [2.45, 2.75) is 6.61 Å². The number of hydrazine groups is 1. The quantitative estimate of drug-likeness (QED) is 0.506. The van der Waals surface area contributed by atoms with Crippen molar-refractivity contribution in [3.8, 4) is 5.75 Å². The molecule has 18 heavy (non-hydrogen) atoms. The minimum Gasteiger partial charge on any atom is -0.488 e. The van der Waals surface area contributed by atoms with Crippen LogP contribution in [0, 0.1) is 5.82 Å². The molecule has 6 heteroatoms. The van der Waals surface area contributed by atoms with Crippen LogP contribution in [0.25, 0.3) is 0 Å². The van der Waals surface area contributed by atoms with Crippen LogP contribution in [-0.2, 0) is 6.61 Å². The van der Waals surface area contributed by atoms with Crippen molar-refractivity contribution >= 4 is 17.2 Å². The Kier molecular flexibility index (Phi) is 3.91. The second kappa shape index (κ2) is 5.61. The average molecular weight is 266 g/mol. The smallest absolute Gasteiger partial charge is 0.275 e. The highest BCUT2D eigenvalue weighted by atomic mass is 32.1. The fourth-order valence-corrected chi connectivity index (χ4v) is 2.18. The van der Waals surface area contributed by atoms with E-state index >= 15 is 0 Å². The molecule has 1 aromatic heterocycles. The Balaban J connectivity index is 1.98. The molecule has 3 N–H and O–H groups in total. The van der Waals surface area contributed by atoms with Crippen LogP contribution in [0.15, 0.2) is 36.4 Å². The molecule has 0 bridgehead atoms. The fourth-order valence-electron chi connectivity index (χ4n) is 1.36. The maximum atomic E-state index is 12.9. The third-order valence-electron chi connectivity index (χ3n) is 2.19. The minimum atomic E-state index is -0.345. The second-order valence-electron chi connectivity index (χ2n) is 3.49. The van der Waals surface area contributed by atoms with Crippen LogP contribution in [-0.4, -0.2) is 5.91 Å². The summed E-state index contributed by atoms with van der Waals surface area (Å²) in [6.07, 6.45) is 0. The number of amides is 1. The van der Waals surface area contributed by atoms with Gasteiger partial charge in [0.05, 0.1) is 4.88 Å². The molecule has 0 radical (unpaired) electrons. The van der Waals surface area contributed by atoms with Crippen LogP contribution >= 0.6 is 11.3 Å². The van der Waals surface area contributed by atoms with Gasteiger partial charge >= 0.3 is 0 Å². The lowest BCUT2D eigenvalue weighted by atomic mass is 10.3. The zero-order valence-electron chi connectivity index (χ0n) is 9.35. The summed E-state index contributed by atoms with van der Waals surface area (Å²) >= 11 is 1.28. The van der Waals surface area contributed by atoms with Crippen LogP contribution in [0.2, 0.25) is 0 Å². The number of benzene rings is 1. The first-order chi connectivity index (χ1) is 8.69. The number of rotatable bonds is 4. The van der Waals surface area contributed by atoms with Gasteiger partial charge in [-0.1, -0.05) is 6.07 Å². The van der Waals surface area contributed by atoms with Gasteiger partial charge in [0.25, 0.3) is 5.91 Å². The number of carbonyl (C=O) groups is 1. The summed E-state index contributed by atoms with van der Waals surface area (Å²) in [7, 11) is 0. The van der Waals surface area contributed by atoms with Crippen molar-refractivity contribution in [1.29, 1.82) is 0 Å². The molecule has 0 saturated heterocycles. The summed E-state index contributed by atoms with van der Waals surface area (Å²) in [4.78, 5) is 12.6. The van der Waals surface area contributed by atoms with Gasteiger partial charge in [0.1, 0.15) is 18.2 Å². The zero-order chi connectivity index (χ0) is 13.0. The number of halogens is 1. The lowest BCUT2D eigenvalue weighted by molar-refractivity contribution is 0.0957. The number of ether oxygens (including phenoxy) is 1. The Bertz CT molecular complexity index is 557. The van der Waals surface area contributed by atoms with Crippen molar-refractivity contribution in [1.82, 2.24) is 5.43 Å². The number of nitrogens with two attached hydrogens (primary N) is 1. The molecule has 94 valence electrons. The number of nitrogens with one attached hydrogen (secondary N) is 1. The molecule has 0 unspecified atom stereocenters. The predicted molar refractivity (Wildman–Crippen MR) is 66.7 cm³/mol. The van der Waals surface area contributed by atoms with Gasteiger partial charge in [-0.15, -0.1) is 11.3 Å². The lowest BCUT2D eigenvalue weighted by Gasteiger charge is -2.03. The summed E-state index contributed by atoms with van der Waals surface area (Å²) < 4.78 is 18.3. The van der Waals surface area contributed by atoms with E-state index in [1.165, 1.54) is 23.5 Å². The molecule has 0 spiro atoms. The minimum absolute atomic E-state index is 0.284. The normalized spacial score (nSPS) is 10.1. The summed E-state index contributed by atoms with van der Waals surface area (Å²) in [6.45, 7) is 0.284. The largest absolute Gasteiger partial charge is 0.488 e. The van der Waals surface area contributed by atoms with E-state index in [0.29, 0.717) is 10.6 Å². The van der Waals surface area contributed by atoms with Gasteiger partial charge in [-0.3, -0.25) is 10.2 Å². The number of hydrogen-bond donors (Lipinski definition) is 2. The summed E-state index contributed by atoms with van der Waals surface area (Å²) in [6, 6.07) is 9.34. The van der Waals surface area contributed by atoms with Gasteiger partial charge < -0.3 is 4.74 Å². The van der Waals surface area contributed by atoms with E-state index in [9.17, 15) is 9.18 Å². The first-order valence-corrected chi connectivity index (χ1v) is 5.98. The number of thiophene rings is 1. The predicted octanol–water partition coefficient (Wildman–Crippen LogP) is 2.07. The Morgan fingerprint density at radius 1 is 1.39 bits per heavy atom. The Labute approximate surface area is 107 Å². The van der Waals surface area contributed by atoms with E-state index in [1.807, 2.05) is 0 Å². The molecule has 4 nitrogen and oxygen atoms in total. The molecule has 0 saturated carbocycles. The standard InChI is InChI=1S/C12H11FN2O2S/c13-8-2-1-3-9(6-8)17-7-10-4-5-11(18-10)12(16)15-14/h1-6H,7,14H2,(H,15,16). The molecule has 1 amide bonds. The van der Waals surface area contributed by atoms with E-state index in [2.05, 4.69) is 5.43 Å². The monoisotopic (exact) mass is 266 g/mol. The maximum Gasteiger partial charge on any atom is 0.275 e. The average Bonchev–Trinajstić information content (AvgIpc) is 2.84. The van der Waals surface area contributed by atoms with Crippen molar-refractivity contribution in [2.75, 3.05) is 0 Å². The third kappa shape index (κ3) is 3.06. The molecule has 0 fully saturated rings. The molecule has 1 aromatic carbocycles. The first-order valence-electron chi connectivity index (χ1n) is 5.17. The van der Waals surface area contributed by atoms with Gasteiger partial charge in [0.15, 0.2) is 0 Å². The van der Waals surface area contributed by atoms with E-state index in [4.69, 9.17) is 10.6 Å². The molecule has 0 aliphatic carbocycles. The van der Waals surface area contributed by atoms with Crippen LogP contribution in [0.3, 0.4) is 0 Å². The molecule has 0 atom stereocenters. The summed E-state index contributed by atoms with van der Waals surface area (Å²) in [5.74, 6) is 4.80. The molecule has 2 rings (SSSR count). The molecular formula is C12H11FN2O2S. The van der Waals surface area contributed by atoms with Crippen molar-refractivity contribution in [3.63, 3.8) is 0 Å². The Morgan fingerprint density at radius 3 is 2.94 bits per heavy atom. The zero-order valence-corrected chi connectivity index (χ0v) is 10.2. The summed E-state index contributed by atoms with van der Waals surface area (Å²) in [5, 5.41) is 0. The fraction of sp³-hybridized carbons (Fsp3) is 0.0833. The SMILES string of the molecule is NNC(=O)c1ccc(COc2cccc(F)c2)s1. The van der Waals surface area contributed by atoms with Gasteiger partial charge in [-0.2, -0.15) is 0 Å². The van der Waals surface area contributed by atoms with Gasteiger partial charge in [0.2, 0.25) is 0 Å². The van der Waals surface area contributed by atoms with Crippen LogP contribution in [0.4, 0.5) is 4.39 Å². The van der Waals surface area contributed by atoms with E-state index in [-0.39, 0.29) is 18.3 Å². The Hall–Kier alpha value is -1.92. The number of nitrogen functional groups attached to an aromatic ring is 1. The molecule has 1 heterocycles. The number of carbonyl (C=O) groups excluding carboxylic acids is 1. The second-order valence-corrected chi connectivity index (χ2v) is 4.65. The van der Waals surface area contributed by atoms with Crippen molar-refractivity contribution < 1.29 is 13.9 Å². The van der Waals surface area contributed by atoms with Crippen LogP contribution < -0.4 is 16.0 Å². The van der Waals surface area contributed by atoms with Crippen LogP contribution in [0.5, 0.6) is 5.75 Å². The van der Waals surface area contributed by atoms with Gasteiger partial charge in [-0.05, 0) is 24.3 Å². The van der Waals surface area contributed by atoms with Crippen molar-refractivity contribution in [3.05, 3.63) is 52.0 Å². The molecule has 2 aromatic rings. The van der Waals surface area contributed by atoms with Crippen molar-refractivity contribution in [2.24, 2.45) is 5.84 Å². The molecular weight excluding hydrogens is 255 g/mol. The third-order valence-corrected chi connectivity index (χ3v) is 3.25. The van der Waals surface area contributed by atoms with E-state index in [0.717, 1.165) is 4.88 Å². The van der Waals surface area contributed by atoms with Gasteiger partial charge in [0, 0.05) is 10.9 Å². The maximum absolute atomic E-state index is 12.9. The topological polar surface area (TPSA) is 64.3 Å². The summed E-state index contributed by atoms with van der Waals surface area (Å²) in [5.41, 5.74) is 2.06. The van der Waals surface area contributed by atoms with Crippen LogP contribution in [0.1, 0.15) is 14.5 Å². The Morgan fingerprint density at radius 2 is 2.22 bits per heavy atom. The highest BCUT2D eigenvalue weighted by Gasteiger charge is 2.07. The lowest BCUT2D eigenvalue weighted by Crippen LogP contribution is -2.29. The highest BCUT2D eigenvalue weighted by molar-refractivity contribution is 7.14. The first kappa shape index (κ1) is 12.5. The molecule has 0 aliphatic heterocycles. The van der Waals surface area contributed by atoms with E-state index < -0.39 is 0 Å². The number of hydrogen-bond acceptors (Lipinski definition) is 4.